The molecule has 0 spiro atoms. The highest BCUT2D eigenvalue weighted by atomic mass is 16.6. The summed E-state index contributed by atoms with van der Waals surface area (Å²) < 4.78 is 5.18. The Morgan fingerprint density at radius 2 is 1.76 bits per heavy atom. The maximum atomic E-state index is 11.5. The molecule has 0 heterocycles. The molecule has 1 rings (SSSR count). The van der Waals surface area contributed by atoms with Crippen molar-refractivity contribution in [2.75, 3.05) is 6.54 Å². The van der Waals surface area contributed by atoms with E-state index in [0.29, 0.717) is 6.54 Å². The maximum absolute atomic E-state index is 11.5. The Labute approximate surface area is 128 Å². The second kappa shape index (κ2) is 7.30. The first-order valence-electron chi connectivity index (χ1n) is 7.40. The summed E-state index contributed by atoms with van der Waals surface area (Å²) in [6.07, 6.45) is 4.61. The molecule has 116 valence electrons. The fourth-order valence-electron chi connectivity index (χ4n) is 1.94. The van der Waals surface area contributed by atoms with Gasteiger partial charge in [0.15, 0.2) is 0 Å². The van der Waals surface area contributed by atoms with Gasteiger partial charge in [-0.1, -0.05) is 24.3 Å². The minimum atomic E-state index is -0.448. The predicted molar refractivity (Wildman–Crippen MR) is 88.5 cm³/mol. The Morgan fingerprint density at radius 3 is 2.38 bits per heavy atom. The van der Waals surface area contributed by atoms with Gasteiger partial charge in [-0.25, -0.2) is 4.79 Å². The number of aryl methyl sites for hydroxylation is 3. The van der Waals surface area contributed by atoms with Crippen molar-refractivity contribution in [3.8, 4) is 0 Å². The van der Waals surface area contributed by atoms with Crippen molar-refractivity contribution in [1.29, 1.82) is 0 Å². The molecule has 1 aromatic rings. The molecule has 3 heteroatoms. The molecule has 0 unspecified atom stereocenters. The van der Waals surface area contributed by atoms with Crippen LogP contribution in [0.4, 0.5) is 4.79 Å². The molecule has 0 aliphatic carbocycles. The number of nitrogens with one attached hydrogen (secondary N) is 1. The fraction of sp³-hybridized carbons (Fsp3) is 0.500. The Kier molecular flexibility index (Phi) is 6.01. The van der Waals surface area contributed by atoms with Crippen LogP contribution in [0, 0.1) is 20.8 Å². The highest BCUT2D eigenvalue weighted by Crippen LogP contribution is 2.16. The Balaban J connectivity index is 2.43. The summed E-state index contributed by atoms with van der Waals surface area (Å²) in [7, 11) is 0. The second-order valence-electron chi connectivity index (χ2n) is 6.41. The Morgan fingerprint density at radius 1 is 1.14 bits per heavy atom. The first-order valence-corrected chi connectivity index (χ1v) is 7.40. The van der Waals surface area contributed by atoms with Gasteiger partial charge in [0, 0.05) is 6.54 Å². The molecule has 0 aliphatic rings. The van der Waals surface area contributed by atoms with Crippen LogP contribution in [0.5, 0.6) is 0 Å². The van der Waals surface area contributed by atoms with E-state index in [2.05, 4.69) is 50.4 Å². The summed E-state index contributed by atoms with van der Waals surface area (Å²) >= 11 is 0. The summed E-state index contributed by atoms with van der Waals surface area (Å²) in [6, 6.07) is 4.40. The van der Waals surface area contributed by atoms with Gasteiger partial charge in [-0.15, -0.1) is 0 Å². The third-order valence-corrected chi connectivity index (χ3v) is 3.16. The lowest BCUT2D eigenvalue weighted by atomic mass is 10.0. The lowest BCUT2D eigenvalue weighted by Crippen LogP contribution is -2.32. The average Bonchev–Trinajstić information content (AvgIpc) is 2.32. The van der Waals surface area contributed by atoms with E-state index in [0.717, 1.165) is 6.42 Å². The minimum absolute atomic E-state index is 0.363. The second-order valence-corrected chi connectivity index (χ2v) is 6.41. The van der Waals surface area contributed by atoms with Crippen LogP contribution in [0.2, 0.25) is 0 Å². The highest BCUT2D eigenvalue weighted by molar-refractivity contribution is 5.67. The zero-order valence-electron chi connectivity index (χ0n) is 14.0. The van der Waals surface area contributed by atoms with E-state index in [4.69, 9.17) is 4.74 Å². The first kappa shape index (κ1) is 17.3. The first-order chi connectivity index (χ1) is 9.69. The number of rotatable bonds is 4. The van der Waals surface area contributed by atoms with Crippen LogP contribution in [-0.2, 0) is 4.74 Å². The summed E-state index contributed by atoms with van der Waals surface area (Å²) in [5.74, 6) is 0. The molecule has 0 saturated heterocycles. The van der Waals surface area contributed by atoms with Crippen LogP contribution in [0.15, 0.2) is 18.2 Å². The van der Waals surface area contributed by atoms with Gasteiger partial charge in [-0.3, -0.25) is 0 Å². The SMILES string of the molecule is Cc1cc(C)c(C=CCCNC(=O)OC(C)(C)C)cc1C. The topological polar surface area (TPSA) is 38.3 Å². The standard InChI is InChI=1S/C18H27NO2/c1-13-11-15(3)16(12-14(13)2)9-7-8-10-19-17(20)21-18(4,5)6/h7,9,11-12H,8,10H2,1-6H3,(H,19,20). The number of carbonyl (C=O) groups excluding carboxylic acids is 1. The number of ether oxygens (including phenoxy) is 1. The van der Waals surface area contributed by atoms with Crippen LogP contribution < -0.4 is 5.32 Å². The van der Waals surface area contributed by atoms with Gasteiger partial charge in [-0.2, -0.15) is 0 Å². The van der Waals surface area contributed by atoms with E-state index in [1.165, 1.54) is 22.3 Å². The van der Waals surface area contributed by atoms with Crippen molar-refractivity contribution in [2.45, 2.75) is 53.6 Å². The van der Waals surface area contributed by atoms with Crippen LogP contribution in [0.25, 0.3) is 6.08 Å². The molecule has 1 aromatic carbocycles. The van der Waals surface area contributed by atoms with Gasteiger partial charge in [-0.05, 0) is 70.2 Å². The molecule has 0 atom stereocenters. The Hall–Kier alpha value is -1.77. The molecule has 0 fully saturated rings. The molecule has 0 aliphatic heterocycles. The normalized spacial score (nSPS) is 11.7. The van der Waals surface area contributed by atoms with Gasteiger partial charge < -0.3 is 10.1 Å². The van der Waals surface area contributed by atoms with E-state index in [1.54, 1.807) is 0 Å². The number of hydrogen-bond acceptors (Lipinski definition) is 2. The lowest BCUT2D eigenvalue weighted by molar-refractivity contribution is 0.0529. The van der Waals surface area contributed by atoms with E-state index in [1.807, 2.05) is 20.8 Å². The molecular formula is C18H27NO2. The molecule has 1 N–H and O–H groups in total. The van der Waals surface area contributed by atoms with E-state index < -0.39 is 5.60 Å². The average molecular weight is 289 g/mol. The highest BCUT2D eigenvalue weighted by Gasteiger charge is 2.15. The molecule has 1 amide bonds. The van der Waals surface area contributed by atoms with Crippen molar-refractivity contribution >= 4 is 12.2 Å². The molecule has 0 bridgehead atoms. The van der Waals surface area contributed by atoms with Crippen molar-refractivity contribution < 1.29 is 9.53 Å². The maximum Gasteiger partial charge on any atom is 0.407 e. The van der Waals surface area contributed by atoms with Gasteiger partial charge >= 0.3 is 6.09 Å². The van der Waals surface area contributed by atoms with Gasteiger partial charge in [0.1, 0.15) is 5.60 Å². The fourth-order valence-corrected chi connectivity index (χ4v) is 1.94. The molecule has 3 nitrogen and oxygen atoms in total. The number of amides is 1. The minimum Gasteiger partial charge on any atom is -0.444 e. The number of hydrogen-bond donors (Lipinski definition) is 1. The zero-order chi connectivity index (χ0) is 16.0. The molecule has 0 saturated carbocycles. The van der Waals surface area contributed by atoms with Crippen molar-refractivity contribution in [2.24, 2.45) is 0 Å². The van der Waals surface area contributed by atoms with Crippen molar-refractivity contribution in [1.82, 2.24) is 5.32 Å². The summed E-state index contributed by atoms with van der Waals surface area (Å²) in [4.78, 5) is 11.5. The number of alkyl carbamates (subject to hydrolysis) is 1. The number of carbonyl (C=O) groups is 1. The Bertz CT molecular complexity index is 525. The van der Waals surface area contributed by atoms with Gasteiger partial charge in [0.2, 0.25) is 0 Å². The third-order valence-electron chi connectivity index (χ3n) is 3.16. The summed E-state index contributed by atoms with van der Waals surface area (Å²) in [5, 5.41) is 2.75. The molecule has 0 aromatic heterocycles. The van der Waals surface area contributed by atoms with E-state index in [-0.39, 0.29) is 6.09 Å². The van der Waals surface area contributed by atoms with Crippen LogP contribution >= 0.6 is 0 Å². The van der Waals surface area contributed by atoms with Gasteiger partial charge in [0.25, 0.3) is 0 Å². The van der Waals surface area contributed by atoms with Crippen LogP contribution in [-0.4, -0.2) is 18.2 Å². The lowest BCUT2D eigenvalue weighted by Gasteiger charge is -2.19. The van der Waals surface area contributed by atoms with E-state index >= 15 is 0 Å². The van der Waals surface area contributed by atoms with Gasteiger partial charge in [0.05, 0.1) is 0 Å². The zero-order valence-corrected chi connectivity index (χ0v) is 14.0. The third kappa shape index (κ3) is 6.48. The smallest absolute Gasteiger partial charge is 0.407 e. The monoisotopic (exact) mass is 289 g/mol. The molecular weight excluding hydrogens is 262 g/mol. The van der Waals surface area contributed by atoms with Crippen LogP contribution in [0.1, 0.15) is 49.4 Å². The van der Waals surface area contributed by atoms with Crippen molar-refractivity contribution in [3.05, 3.63) is 40.5 Å². The van der Waals surface area contributed by atoms with Crippen LogP contribution in [0.3, 0.4) is 0 Å². The summed E-state index contributed by atoms with van der Waals surface area (Å²) in [6.45, 7) is 12.5. The quantitative estimate of drug-likeness (QED) is 0.826. The molecule has 0 radical (unpaired) electrons. The van der Waals surface area contributed by atoms with Crippen molar-refractivity contribution in [3.63, 3.8) is 0 Å². The summed E-state index contributed by atoms with van der Waals surface area (Å²) in [5.41, 5.74) is 4.67. The largest absolute Gasteiger partial charge is 0.444 e. The molecule has 21 heavy (non-hydrogen) atoms. The number of benzene rings is 1. The predicted octanol–water partition coefficient (Wildman–Crippen LogP) is 4.54. The van der Waals surface area contributed by atoms with E-state index in [9.17, 15) is 4.79 Å².